The number of rotatable bonds is 9. The molecule has 0 spiro atoms. The van der Waals surface area contributed by atoms with Gasteiger partial charge in [0.15, 0.2) is 0 Å². The molecule has 33 heavy (non-hydrogen) atoms. The quantitative estimate of drug-likeness (QED) is 0.446. The number of aromatic nitrogens is 2. The summed E-state index contributed by atoms with van der Waals surface area (Å²) in [5.41, 5.74) is 1.93. The smallest absolute Gasteiger partial charge is 0.308 e. The van der Waals surface area contributed by atoms with Crippen LogP contribution in [0.5, 0.6) is 0 Å². The van der Waals surface area contributed by atoms with Crippen molar-refractivity contribution in [3.63, 3.8) is 0 Å². The summed E-state index contributed by atoms with van der Waals surface area (Å²) >= 11 is 3.00. The lowest BCUT2D eigenvalue weighted by molar-refractivity contribution is -0.143. The van der Waals surface area contributed by atoms with Crippen LogP contribution in [0.15, 0.2) is 35.1 Å². The summed E-state index contributed by atoms with van der Waals surface area (Å²) in [6, 6.07) is 8.93. The number of fused-ring (bicyclic) bond motifs is 3. The number of carbonyl (C=O) groups is 2. The van der Waals surface area contributed by atoms with Gasteiger partial charge in [0.25, 0.3) is 5.56 Å². The monoisotopic (exact) mass is 485 g/mol. The molecule has 9 heteroatoms. The number of hydrogen-bond donors (Lipinski definition) is 2. The van der Waals surface area contributed by atoms with Crippen LogP contribution in [0, 0.1) is 0 Å². The second-order valence-corrected chi connectivity index (χ2v) is 10.0. The summed E-state index contributed by atoms with van der Waals surface area (Å²) < 4.78 is 5.05. The fourth-order valence-electron chi connectivity index (χ4n) is 4.08. The SMILES string of the molecule is CCOC(=O)CC(NC(=O)CSCc1nc2sc3c(c2c(=O)[nH]1)CCCC3)c1ccccc1. The maximum atomic E-state index is 12.7. The van der Waals surface area contributed by atoms with Crippen LogP contribution in [0.3, 0.4) is 0 Å². The maximum Gasteiger partial charge on any atom is 0.308 e. The molecule has 3 aromatic rings. The molecule has 174 valence electrons. The second kappa shape index (κ2) is 11.0. The molecule has 2 heterocycles. The van der Waals surface area contributed by atoms with Gasteiger partial charge in [0.1, 0.15) is 10.7 Å². The number of ether oxygens (including phenoxy) is 1. The lowest BCUT2D eigenvalue weighted by Crippen LogP contribution is -2.32. The maximum absolute atomic E-state index is 12.7. The number of nitrogens with one attached hydrogen (secondary N) is 2. The standard InChI is InChI=1S/C24H27N3O4S2/c1-2-31-21(29)12-17(15-8-4-3-5-9-15)25-20(28)14-32-13-19-26-23(30)22-16-10-6-7-11-18(16)33-24(22)27-19/h3-5,8-9,17H,2,6-7,10-14H2,1H3,(H,25,28)(H,26,27,30). The Bertz CT molecular complexity index is 1190. The average molecular weight is 486 g/mol. The number of thioether (sulfide) groups is 1. The Hall–Kier alpha value is -2.65. The Kier molecular flexibility index (Phi) is 7.82. The number of thiophene rings is 1. The summed E-state index contributed by atoms with van der Waals surface area (Å²) in [6.45, 7) is 2.05. The third-order valence-corrected chi connectivity index (χ3v) is 7.69. The Morgan fingerprint density at radius 1 is 1.24 bits per heavy atom. The van der Waals surface area contributed by atoms with Crippen LogP contribution in [0.1, 0.15) is 54.1 Å². The average Bonchev–Trinajstić information content (AvgIpc) is 3.18. The molecule has 1 amide bonds. The van der Waals surface area contributed by atoms with E-state index in [4.69, 9.17) is 4.74 Å². The van der Waals surface area contributed by atoms with E-state index < -0.39 is 6.04 Å². The number of esters is 1. The number of nitrogens with zero attached hydrogens (tertiary/aromatic N) is 1. The first-order valence-corrected chi connectivity index (χ1v) is 13.1. The predicted octanol–water partition coefficient (Wildman–Crippen LogP) is 3.91. The summed E-state index contributed by atoms with van der Waals surface area (Å²) in [5.74, 6) is 0.653. The molecule has 0 radical (unpaired) electrons. The van der Waals surface area contributed by atoms with Crippen molar-refractivity contribution in [1.29, 1.82) is 0 Å². The minimum absolute atomic E-state index is 0.0723. The zero-order valence-electron chi connectivity index (χ0n) is 18.5. The fraction of sp³-hybridized carbons (Fsp3) is 0.417. The topological polar surface area (TPSA) is 101 Å². The summed E-state index contributed by atoms with van der Waals surface area (Å²) in [4.78, 5) is 46.9. The van der Waals surface area contributed by atoms with Gasteiger partial charge >= 0.3 is 5.97 Å². The molecule has 0 bridgehead atoms. The van der Waals surface area contributed by atoms with Crippen molar-refractivity contribution in [2.24, 2.45) is 0 Å². The first-order chi connectivity index (χ1) is 16.0. The third kappa shape index (κ3) is 5.83. The predicted molar refractivity (Wildman–Crippen MR) is 132 cm³/mol. The minimum atomic E-state index is -0.454. The van der Waals surface area contributed by atoms with Gasteiger partial charge in [-0.3, -0.25) is 14.4 Å². The highest BCUT2D eigenvalue weighted by Crippen LogP contribution is 2.33. The van der Waals surface area contributed by atoms with Gasteiger partial charge in [0, 0.05) is 4.88 Å². The number of amides is 1. The van der Waals surface area contributed by atoms with Gasteiger partial charge in [-0.1, -0.05) is 30.3 Å². The van der Waals surface area contributed by atoms with Crippen molar-refractivity contribution in [2.75, 3.05) is 12.4 Å². The Labute approximate surface area is 200 Å². The van der Waals surface area contributed by atoms with E-state index in [0.29, 0.717) is 18.2 Å². The molecule has 2 N–H and O–H groups in total. The molecule has 1 aliphatic rings. The van der Waals surface area contributed by atoms with Gasteiger partial charge in [0.2, 0.25) is 5.91 Å². The molecule has 7 nitrogen and oxygen atoms in total. The zero-order chi connectivity index (χ0) is 23.2. The Balaban J connectivity index is 1.37. The van der Waals surface area contributed by atoms with E-state index in [1.807, 2.05) is 30.3 Å². The second-order valence-electron chi connectivity index (χ2n) is 7.94. The number of aryl methyl sites for hydroxylation is 2. The number of carbonyl (C=O) groups excluding carboxylic acids is 2. The fourth-order valence-corrected chi connectivity index (χ4v) is 6.06. The van der Waals surface area contributed by atoms with Crippen molar-refractivity contribution in [1.82, 2.24) is 15.3 Å². The summed E-state index contributed by atoms with van der Waals surface area (Å²) in [5, 5.41) is 3.67. The van der Waals surface area contributed by atoms with Crippen molar-refractivity contribution in [3.8, 4) is 0 Å². The van der Waals surface area contributed by atoms with Crippen molar-refractivity contribution in [3.05, 3.63) is 62.5 Å². The largest absolute Gasteiger partial charge is 0.466 e. The highest BCUT2D eigenvalue weighted by molar-refractivity contribution is 7.99. The molecular formula is C24H27N3O4S2. The number of aromatic amines is 1. The van der Waals surface area contributed by atoms with Gasteiger partial charge in [-0.2, -0.15) is 0 Å². The van der Waals surface area contributed by atoms with E-state index in [1.165, 1.54) is 22.2 Å². The normalized spacial score (nSPS) is 14.0. The van der Waals surface area contributed by atoms with Crippen LogP contribution in [0.4, 0.5) is 0 Å². The molecule has 0 saturated carbocycles. The van der Waals surface area contributed by atoms with Gasteiger partial charge in [0.05, 0.1) is 36.0 Å². The van der Waals surface area contributed by atoms with E-state index in [-0.39, 0.29) is 29.6 Å². The number of hydrogen-bond acceptors (Lipinski definition) is 7. The summed E-state index contributed by atoms with van der Waals surface area (Å²) in [7, 11) is 0. The molecule has 0 saturated heterocycles. The summed E-state index contributed by atoms with van der Waals surface area (Å²) in [6.07, 6.45) is 4.32. The molecule has 0 aliphatic heterocycles. The molecule has 4 rings (SSSR count). The van der Waals surface area contributed by atoms with E-state index in [1.54, 1.807) is 18.3 Å². The third-order valence-electron chi connectivity index (χ3n) is 5.56. The van der Waals surface area contributed by atoms with Crippen LogP contribution in [0.2, 0.25) is 0 Å². The molecular weight excluding hydrogens is 458 g/mol. The van der Waals surface area contributed by atoms with E-state index in [9.17, 15) is 14.4 Å². The van der Waals surface area contributed by atoms with Gasteiger partial charge in [-0.25, -0.2) is 4.98 Å². The van der Waals surface area contributed by atoms with Crippen LogP contribution in [-0.4, -0.2) is 34.2 Å². The van der Waals surface area contributed by atoms with E-state index >= 15 is 0 Å². The van der Waals surface area contributed by atoms with Crippen LogP contribution in [0.25, 0.3) is 10.2 Å². The molecule has 2 aromatic heterocycles. The molecule has 1 aliphatic carbocycles. The van der Waals surface area contributed by atoms with Crippen LogP contribution < -0.4 is 10.9 Å². The first kappa shape index (κ1) is 23.5. The van der Waals surface area contributed by atoms with Crippen molar-refractivity contribution < 1.29 is 14.3 Å². The molecule has 1 unspecified atom stereocenters. The Morgan fingerprint density at radius 2 is 2.03 bits per heavy atom. The van der Waals surface area contributed by atoms with Crippen LogP contribution in [-0.2, 0) is 32.9 Å². The van der Waals surface area contributed by atoms with Crippen molar-refractivity contribution in [2.45, 2.75) is 50.8 Å². The minimum Gasteiger partial charge on any atom is -0.466 e. The molecule has 1 atom stereocenters. The van der Waals surface area contributed by atoms with Gasteiger partial charge in [-0.05, 0) is 43.7 Å². The van der Waals surface area contributed by atoms with Gasteiger partial charge in [-0.15, -0.1) is 23.1 Å². The first-order valence-electron chi connectivity index (χ1n) is 11.2. The van der Waals surface area contributed by atoms with Crippen LogP contribution >= 0.6 is 23.1 Å². The Morgan fingerprint density at radius 3 is 2.82 bits per heavy atom. The zero-order valence-corrected chi connectivity index (χ0v) is 20.2. The highest BCUT2D eigenvalue weighted by atomic mass is 32.2. The van der Waals surface area contributed by atoms with E-state index in [2.05, 4.69) is 15.3 Å². The van der Waals surface area contributed by atoms with Crippen molar-refractivity contribution >= 4 is 45.2 Å². The number of benzene rings is 1. The van der Waals surface area contributed by atoms with Gasteiger partial charge < -0.3 is 15.0 Å². The highest BCUT2D eigenvalue weighted by Gasteiger charge is 2.21. The molecule has 1 aromatic carbocycles. The lowest BCUT2D eigenvalue weighted by atomic mass is 9.97. The van der Waals surface area contributed by atoms with E-state index in [0.717, 1.165) is 41.5 Å². The number of H-pyrrole nitrogens is 1. The lowest BCUT2D eigenvalue weighted by Gasteiger charge is -2.18. The molecule has 0 fully saturated rings.